The average Bonchev–Trinajstić information content (AvgIpc) is 3.29. The lowest BCUT2D eigenvalue weighted by Crippen LogP contribution is -2.36. The zero-order chi connectivity index (χ0) is 24.9. The summed E-state index contributed by atoms with van der Waals surface area (Å²) in [6.45, 7) is -0.0199. The second kappa shape index (κ2) is 10.6. The van der Waals surface area contributed by atoms with E-state index in [9.17, 15) is 18.0 Å². The SMILES string of the molecule is O=C(NC(=NCc1ccc(F)cc1Cl)Nc1cc(-c2ccc(Cl)cc2)[nH]n1)c1ccc(F)c(F)c1. The van der Waals surface area contributed by atoms with Crippen LogP contribution in [0.3, 0.4) is 0 Å². The van der Waals surface area contributed by atoms with Gasteiger partial charge in [-0.25, -0.2) is 18.2 Å². The molecule has 4 rings (SSSR count). The molecule has 1 heterocycles. The molecule has 0 fully saturated rings. The van der Waals surface area contributed by atoms with Crippen molar-refractivity contribution in [1.29, 1.82) is 0 Å². The van der Waals surface area contributed by atoms with E-state index < -0.39 is 23.4 Å². The molecular formula is C24H16Cl2F3N5O. The van der Waals surface area contributed by atoms with Crippen LogP contribution >= 0.6 is 23.2 Å². The number of carbonyl (C=O) groups excluding carboxylic acids is 1. The summed E-state index contributed by atoms with van der Waals surface area (Å²) in [5, 5.41) is 13.1. The summed E-state index contributed by atoms with van der Waals surface area (Å²) in [5.74, 6) is -3.22. The highest BCUT2D eigenvalue weighted by molar-refractivity contribution is 6.31. The molecule has 4 aromatic rings. The predicted octanol–water partition coefficient (Wildman–Crippen LogP) is 6.20. The van der Waals surface area contributed by atoms with Crippen LogP contribution in [0, 0.1) is 17.5 Å². The minimum Gasteiger partial charge on any atom is -0.309 e. The Balaban J connectivity index is 1.58. The average molecular weight is 518 g/mol. The van der Waals surface area contributed by atoms with Gasteiger partial charge in [0, 0.05) is 21.7 Å². The van der Waals surface area contributed by atoms with Crippen molar-refractivity contribution in [3.8, 4) is 11.3 Å². The van der Waals surface area contributed by atoms with Crippen LogP contribution in [0.2, 0.25) is 10.0 Å². The van der Waals surface area contributed by atoms with Crippen molar-refractivity contribution in [2.45, 2.75) is 6.54 Å². The van der Waals surface area contributed by atoms with Crippen LogP contribution in [-0.4, -0.2) is 22.1 Å². The lowest BCUT2D eigenvalue weighted by molar-refractivity contribution is 0.0976. The van der Waals surface area contributed by atoms with Crippen molar-refractivity contribution in [2.24, 2.45) is 4.99 Å². The number of amides is 1. The summed E-state index contributed by atoms with van der Waals surface area (Å²) in [5.41, 5.74) is 1.86. The number of nitrogens with one attached hydrogen (secondary N) is 3. The second-order valence-corrected chi connectivity index (χ2v) is 8.13. The monoisotopic (exact) mass is 517 g/mol. The van der Waals surface area contributed by atoms with E-state index in [0.29, 0.717) is 22.1 Å². The van der Waals surface area contributed by atoms with E-state index in [1.807, 2.05) is 0 Å². The highest BCUT2D eigenvalue weighted by Gasteiger charge is 2.14. The molecule has 0 unspecified atom stereocenters. The maximum absolute atomic E-state index is 13.6. The number of aliphatic imine (C=N–C) groups is 1. The van der Waals surface area contributed by atoms with E-state index >= 15 is 0 Å². The van der Waals surface area contributed by atoms with Crippen molar-refractivity contribution >= 4 is 40.9 Å². The number of H-pyrrole nitrogens is 1. The van der Waals surface area contributed by atoms with E-state index in [1.165, 1.54) is 12.1 Å². The molecule has 11 heteroatoms. The molecule has 178 valence electrons. The highest BCUT2D eigenvalue weighted by Crippen LogP contribution is 2.22. The number of carbonyl (C=O) groups is 1. The lowest BCUT2D eigenvalue weighted by atomic mass is 10.1. The van der Waals surface area contributed by atoms with Crippen molar-refractivity contribution in [1.82, 2.24) is 15.5 Å². The Hall–Kier alpha value is -3.82. The van der Waals surface area contributed by atoms with Gasteiger partial charge in [0.1, 0.15) is 5.82 Å². The number of rotatable bonds is 5. The number of hydrogen-bond acceptors (Lipinski definition) is 3. The number of aromatic nitrogens is 2. The summed E-state index contributed by atoms with van der Waals surface area (Å²) in [7, 11) is 0. The van der Waals surface area contributed by atoms with Gasteiger partial charge < -0.3 is 5.32 Å². The first kappa shape index (κ1) is 24.3. The summed E-state index contributed by atoms with van der Waals surface area (Å²) < 4.78 is 40.2. The zero-order valence-electron chi connectivity index (χ0n) is 17.8. The fourth-order valence-corrected chi connectivity index (χ4v) is 3.38. The zero-order valence-corrected chi connectivity index (χ0v) is 19.3. The van der Waals surface area contributed by atoms with Gasteiger partial charge in [-0.2, -0.15) is 5.10 Å². The summed E-state index contributed by atoms with van der Waals surface area (Å²) in [6, 6.07) is 15.3. The molecule has 0 aliphatic carbocycles. The minimum absolute atomic E-state index is 0.0199. The van der Waals surface area contributed by atoms with E-state index in [0.717, 1.165) is 29.8 Å². The molecule has 6 nitrogen and oxygen atoms in total. The van der Waals surface area contributed by atoms with Gasteiger partial charge in [0.15, 0.2) is 17.5 Å². The standard InChI is InChI=1S/C24H16Cl2F3N5O/c25-16-5-1-13(2-6-16)21-11-22(34-33-21)31-24(30-12-15-3-7-17(27)10-18(15)26)32-23(35)14-4-8-19(28)20(29)9-14/h1-11H,12H2,(H3,30,31,32,33,34,35). The number of anilines is 1. The van der Waals surface area contributed by atoms with Crippen LogP contribution in [0.1, 0.15) is 15.9 Å². The molecule has 0 atom stereocenters. The van der Waals surface area contributed by atoms with Crippen LogP contribution in [0.25, 0.3) is 11.3 Å². The molecule has 0 saturated carbocycles. The van der Waals surface area contributed by atoms with Crippen LogP contribution in [0.5, 0.6) is 0 Å². The van der Waals surface area contributed by atoms with Gasteiger partial charge in [-0.3, -0.25) is 15.2 Å². The lowest BCUT2D eigenvalue weighted by Gasteiger charge is -2.11. The fraction of sp³-hybridized carbons (Fsp3) is 0.0417. The van der Waals surface area contributed by atoms with Crippen molar-refractivity contribution < 1.29 is 18.0 Å². The molecule has 0 bridgehead atoms. The maximum atomic E-state index is 13.6. The molecule has 0 aliphatic heterocycles. The Bertz CT molecular complexity index is 1410. The molecule has 3 N–H and O–H groups in total. The van der Waals surface area contributed by atoms with Crippen molar-refractivity contribution in [3.05, 3.63) is 105 Å². The number of aromatic amines is 1. The van der Waals surface area contributed by atoms with Gasteiger partial charge in [0.05, 0.1) is 12.2 Å². The maximum Gasteiger partial charge on any atom is 0.258 e. The van der Waals surface area contributed by atoms with E-state index in [4.69, 9.17) is 23.2 Å². The Labute approximate surface area is 207 Å². The Kier molecular flexibility index (Phi) is 7.38. The highest BCUT2D eigenvalue weighted by atomic mass is 35.5. The number of benzene rings is 3. The van der Waals surface area contributed by atoms with Crippen LogP contribution in [0.15, 0.2) is 71.7 Å². The van der Waals surface area contributed by atoms with Crippen molar-refractivity contribution in [3.63, 3.8) is 0 Å². The van der Waals surface area contributed by atoms with E-state index in [2.05, 4.69) is 25.8 Å². The third-order valence-electron chi connectivity index (χ3n) is 4.82. The molecule has 0 saturated heterocycles. The van der Waals surface area contributed by atoms with Crippen LogP contribution < -0.4 is 10.6 Å². The first-order valence-corrected chi connectivity index (χ1v) is 10.9. The largest absolute Gasteiger partial charge is 0.309 e. The second-order valence-electron chi connectivity index (χ2n) is 7.28. The fourth-order valence-electron chi connectivity index (χ4n) is 3.03. The van der Waals surface area contributed by atoms with Gasteiger partial charge in [0.25, 0.3) is 5.91 Å². The Morgan fingerprint density at radius 2 is 1.71 bits per heavy atom. The number of nitrogens with zero attached hydrogens (tertiary/aromatic N) is 2. The van der Waals surface area contributed by atoms with Gasteiger partial charge in [-0.15, -0.1) is 0 Å². The summed E-state index contributed by atoms with van der Waals surface area (Å²) >= 11 is 12.0. The molecule has 0 aliphatic rings. The molecule has 0 spiro atoms. The molecule has 3 aromatic carbocycles. The minimum atomic E-state index is -1.16. The van der Waals surface area contributed by atoms with E-state index in [1.54, 1.807) is 30.3 Å². The third kappa shape index (κ3) is 6.20. The Morgan fingerprint density at radius 1 is 0.943 bits per heavy atom. The topological polar surface area (TPSA) is 82.2 Å². The Morgan fingerprint density at radius 3 is 2.43 bits per heavy atom. The molecule has 1 aromatic heterocycles. The summed E-state index contributed by atoms with van der Waals surface area (Å²) in [6.07, 6.45) is 0. The van der Waals surface area contributed by atoms with Gasteiger partial charge in [-0.1, -0.05) is 41.4 Å². The first-order chi connectivity index (χ1) is 16.8. The molecular weight excluding hydrogens is 502 g/mol. The normalized spacial score (nSPS) is 11.4. The van der Waals surface area contributed by atoms with E-state index in [-0.39, 0.29) is 23.1 Å². The quantitative estimate of drug-likeness (QED) is 0.218. The molecule has 1 amide bonds. The van der Waals surface area contributed by atoms with Gasteiger partial charge in [-0.05, 0) is 53.6 Å². The number of hydrogen-bond donors (Lipinski definition) is 3. The predicted molar refractivity (Wildman–Crippen MR) is 129 cm³/mol. The van der Waals surface area contributed by atoms with Gasteiger partial charge in [0.2, 0.25) is 5.96 Å². The van der Waals surface area contributed by atoms with Crippen molar-refractivity contribution in [2.75, 3.05) is 5.32 Å². The number of halogens is 5. The number of guanidine groups is 1. The van der Waals surface area contributed by atoms with Crippen LogP contribution in [-0.2, 0) is 6.54 Å². The summed E-state index contributed by atoms with van der Waals surface area (Å²) in [4.78, 5) is 17.0. The molecule has 35 heavy (non-hydrogen) atoms. The van der Waals surface area contributed by atoms with Crippen LogP contribution in [0.4, 0.5) is 19.0 Å². The van der Waals surface area contributed by atoms with Gasteiger partial charge >= 0.3 is 0 Å². The third-order valence-corrected chi connectivity index (χ3v) is 5.42. The smallest absolute Gasteiger partial charge is 0.258 e. The first-order valence-electron chi connectivity index (χ1n) is 10.1. The molecule has 0 radical (unpaired) electrons.